The average molecular weight is 524 g/mol. The largest absolute Gasteiger partial charge is 0.573 e. The molecule has 2 heterocycles. The fraction of sp³-hybridized carbons (Fsp3) is 0.276. The van der Waals surface area contributed by atoms with Gasteiger partial charge in [-0.25, -0.2) is 5.01 Å². The summed E-state index contributed by atoms with van der Waals surface area (Å²) in [6.07, 6.45) is -1.48. The van der Waals surface area contributed by atoms with Crippen molar-refractivity contribution >= 4 is 16.8 Å². The van der Waals surface area contributed by atoms with Gasteiger partial charge in [-0.15, -0.1) is 13.2 Å². The van der Waals surface area contributed by atoms with E-state index in [0.29, 0.717) is 23.4 Å². The number of hydrazine groups is 1. The van der Waals surface area contributed by atoms with Gasteiger partial charge in [0.1, 0.15) is 18.1 Å². The van der Waals surface area contributed by atoms with E-state index >= 15 is 0 Å². The molecule has 0 atom stereocenters. The van der Waals surface area contributed by atoms with Crippen LogP contribution in [0.2, 0.25) is 0 Å². The molecule has 3 aromatic carbocycles. The van der Waals surface area contributed by atoms with Gasteiger partial charge in [0.25, 0.3) is 5.91 Å². The summed E-state index contributed by atoms with van der Waals surface area (Å²) in [6.45, 7) is 2.21. The van der Waals surface area contributed by atoms with Crippen molar-refractivity contribution in [3.05, 3.63) is 95.7 Å². The topological polar surface area (TPSA) is 55.7 Å². The molecule has 0 spiro atoms. The lowest BCUT2D eigenvalue weighted by atomic mass is 10.1. The quantitative estimate of drug-likeness (QED) is 0.295. The van der Waals surface area contributed by atoms with Gasteiger partial charge >= 0.3 is 6.36 Å². The first kappa shape index (κ1) is 25.7. The van der Waals surface area contributed by atoms with E-state index in [1.807, 2.05) is 58.1 Å². The number of nitrogens with zero attached hydrogens (tertiary/aromatic N) is 2. The van der Waals surface area contributed by atoms with Crippen molar-refractivity contribution in [2.45, 2.75) is 38.8 Å². The third kappa shape index (κ3) is 6.47. The molecule has 38 heavy (non-hydrogen) atoms. The maximum atomic E-state index is 12.9. The molecule has 0 unspecified atom stereocenters. The van der Waals surface area contributed by atoms with Gasteiger partial charge < -0.3 is 14.0 Å². The molecular weight excluding hydrogens is 495 g/mol. The van der Waals surface area contributed by atoms with Crippen molar-refractivity contribution in [1.82, 2.24) is 15.0 Å². The number of amides is 1. The van der Waals surface area contributed by atoms with Gasteiger partial charge in [-0.3, -0.25) is 10.2 Å². The normalized spacial score (nSPS) is 14.4. The Morgan fingerprint density at radius 1 is 0.868 bits per heavy atom. The summed E-state index contributed by atoms with van der Waals surface area (Å²) in [7, 11) is 0. The van der Waals surface area contributed by atoms with Crippen LogP contribution in [0.15, 0.2) is 78.9 Å². The van der Waals surface area contributed by atoms with Crippen LogP contribution in [0.25, 0.3) is 10.9 Å². The predicted octanol–water partition coefficient (Wildman–Crippen LogP) is 6.30. The van der Waals surface area contributed by atoms with Crippen LogP contribution in [0.5, 0.6) is 11.5 Å². The number of halogens is 3. The number of rotatable bonds is 8. The van der Waals surface area contributed by atoms with E-state index in [-0.39, 0.29) is 18.3 Å². The van der Waals surface area contributed by atoms with E-state index in [0.717, 1.165) is 42.5 Å². The average Bonchev–Trinajstić information content (AvgIpc) is 3.24. The van der Waals surface area contributed by atoms with Crippen LogP contribution < -0.4 is 14.9 Å². The number of alkyl halides is 3. The number of carbonyl (C=O) groups is 1. The van der Waals surface area contributed by atoms with Gasteiger partial charge in [0.05, 0.1) is 5.69 Å². The van der Waals surface area contributed by atoms with Crippen LogP contribution in [0.1, 0.15) is 40.9 Å². The fourth-order valence-electron chi connectivity index (χ4n) is 4.69. The Morgan fingerprint density at radius 3 is 2.39 bits per heavy atom. The first-order chi connectivity index (χ1) is 18.3. The maximum Gasteiger partial charge on any atom is 0.573 e. The van der Waals surface area contributed by atoms with E-state index < -0.39 is 6.36 Å². The highest BCUT2D eigenvalue weighted by molar-refractivity contribution is 5.98. The molecule has 1 N–H and O–H groups in total. The Labute approximate surface area is 218 Å². The zero-order valence-corrected chi connectivity index (χ0v) is 20.7. The fourth-order valence-corrected chi connectivity index (χ4v) is 4.69. The van der Waals surface area contributed by atoms with E-state index in [9.17, 15) is 18.0 Å². The minimum atomic E-state index is -4.77. The SMILES string of the molecule is O=C(NN1CCCCC1)c1ccc2c(c1)cc(COc1ccccc1)n2Cc1cccc(OC(F)(F)F)c1. The highest BCUT2D eigenvalue weighted by Crippen LogP contribution is 2.27. The molecule has 0 saturated carbocycles. The second-order valence-electron chi connectivity index (χ2n) is 9.28. The van der Waals surface area contributed by atoms with Crippen LogP contribution in [0, 0.1) is 0 Å². The lowest BCUT2D eigenvalue weighted by molar-refractivity contribution is -0.274. The third-order valence-electron chi connectivity index (χ3n) is 6.47. The smallest absolute Gasteiger partial charge is 0.487 e. The van der Waals surface area contributed by atoms with Gasteiger partial charge in [0.2, 0.25) is 0 Å². The molecule has 1 saturated heterocycles. The first-order valence-corrected chi connectivity index (χ1v) is 12.5. The summed E-state index contributed by atoms with van der Waals surface area (Å²) in [5.74, 6) is 0.261. The standard InChI is InChI=1S/C29H28F3N3O3/c30-29(31,32)38-26-11-7-8-21(16-26)19-35-24(20-37-25-9-3-1-4-10-25)18-23-17-22(12-13-27(23)35)28(36)33-34-14-5-2-6-15-34/h1,3-4,7-13,16-18H,2,5-6,14-15,19-20H2,(H,33,36). The number of benzene rings is 3. The van der Waals surface area contributed by atoms with E-state index in [2.05, 4.69) is 10.2 Å². The van der Waals surface area contributed by atoms with E-state index in [4.69, 9.17) is 4.74 Å². The number of nitrogens with one attached hydrogen (secondary N) is 1. The van der Waals surface area contributed by atoms with E-state index in [1.165, 1.54) is 24.6 Å². The second-order valence-corrected chi connectivity index (χ2v) is 9.28. The van der Waals surface area contributed by atoms with Gasteiger partial charge in [0, 0.05) is 36.1 Å². The van der Waals surface area contributed by atoms with Gasteiger partial charge in [0.15, 0.2) is 0 Å². The minimum absolute atomic E-state index is 0.166. The van der Waals surface area contributed by atoms with Gasteiger partial charge in [-0.1, -0.05) is 36.8 Å². The van der Waals surface area contributed by atoms with Gasteiger partial charge in [-0.2, -0.15) is 0 Å². The lowest BCUT2D eigenvalue weighted by Gasteiger charge is -2.26. The molecule has 0 aliphatic carbocycles. The van der Waals surface area contributed by atoms with Crippen molar-refractivity contribution in [2.75, 3.05) is 13.1 Å². The molecule has 9 heteroatoms. The first-order valence-electron chi connectivity index (χ1n) is 12.5. The van der Waals surface area contributed by atoms with Crippen LogP contribution in [0.4, 0.5) is 13.2 Å². The Bertz CT molecular complexity index is 1400. The Balaban J connectivity index is 1.44. The van der Waals surface area contributed by atoms with Crippen LogP contribution in [-0.4, -0.2) is 34.9 Å². The molecule has 1 fully saturated rings. The number of para-hydroxylation sites is 1. The molecule has 1 aromatic heterocycles. The van der Waals surface area contributed by atoms with Crippen LogP contribution in [0.3, 0.4) is 0 Å². The third-order valence-corrected chi connectivity index (χ3v) is 6.47. The molecule has 6 nitrogen and oxygen atoms in total. The minimum Gasteiger partial charge on any atom is -0.487 e. The maximum absolute atomic E-state index is 12.9. The summed E-state index contributed by atoms with van der Waals surface area (Å²) < 4.78 is 50.3. The molecule has 0 radical (unpaired) electrons. The van der Waals surface area contributed by atoms with Crippen LogP contribution in [-0.2, 0) is 13.2 Å². The monoisotopic (exact) mass is 523 g/mol. The van der Waals surface area contributed by atoms with Crippen molar-refractivity contribution < 1.29 is 27.4 Å². The Morgan fingerprint density at radius 2 is 1.63 bits per heavy atom. The molecule has 0 bridgehead atoms. The molecule has 1 aliphatic rings. The summed E-state index contributed by atoms with van der Waals surface area (Å²) in [4.78, 5) is 12.9. The highest BCUT2D eigenvalue weighted by Gasteiger charge is 2.31. The molecular formula is C29H28F3N3O3. The van der Waals surface area contributed by atoms with Gasteiger partial charge in [-0.05, 0) is 66.9 Å². The van der Waals surface area contributed by atoms with Crippen molar-refractivity contribution in [1.29, 1.82) is 0 Å². The summed E-state index contributed by atoms with van der Waals surface area (Å²) in [5, 5.41) is 2.79. The zero-order chi connectivity index (χ0) is 26.5. The number of aromatic nitrogens is 1. The number of piperidine rings is 1. The Kier molecular flexibility index (Phi) is 7.55. The second kappa shape index (κ2) is 11.2. The summed E-state index contributed by atoms with van der Waals surface area (Å²) in [5.41, 5.74) is 5.82. The Hall–Kier alpha value is -3.98. The van der Waals surface area contributed by atoms with Crippen LogP contribution >= 0.6 is 0 Å². The number of fused-ring (bicyclic) bond motifs is 1. The van der Waals surface area contributed by atoms with Crippen molar-refractivity contribution in [3.63, 3.8) is 0 Å². The number of carbonyl (C=O) groups excluding carboxylic acids is 1. The van der Waals surface area contributed by atoms with E-state index in [1.54, 1.807) is 12.1 Å². The lowest BCUT2D eigenvalue weighted by Crippen LogP contribution is -2.45. The highest BCUT2D eigenvalue weighted by atomic mass is 19.4. The molecule has 1 aliphatic heterocycles. The summed E-state index contributed by atoms with van der Waals surface area (Å²) >= 11 is 0. The number of ether oxygens (including phenoxy) is 2. The molecule has 1 amide bonds. The number of hydrogen-bond acceptors (Lipinski definition) is 4. The molecule has 198 valence electrons. The summed E-state index contributed by atoms with van der Waals surface area (Å²) in [6, 6.07) is 22.7. The predicted molar refractivity (Wildman–Crippen MR) is 138 cm³/mol. The zero-order valence-electron chi connectivity index (χ0n) is 20.7. The van der Waals surface area contributed by atoms with Crippen molar-refractivity contribution in [3.8, 4) is 11.5 Å². The number of hydrogen-bond donors (Lipinski definition) is 1. The molecule has 5 rings (SSSR count). The molecule has 4 aromatic rings. The van der Waals surface area contributed by atoms with Crippen molar-refractivity contribution in [2.24, 2.45) is 0 Å².